The number of nitrogens with zero attached hydrogens (tertiary/aromatic N) is 2. The monoisotopic (exact) mass is 406 g/mol. The van der Waals surface area contributed by atoms with Crippen molar-refractivity contribution < 1.29 is 19.1 Å². The van der Waals surface area contributed by atoms with Crippen LogP contribution in [-0.2, 0) is 4.79 Å². The SMILES string of the molecule is Cc1ccc(NC(=O)c2cnn3c2NC(C(=O)O)=C[C@@H]3c2ccccc2F)cc1C. The van der Waals surface area contributed by atoms with E-state index in [0.29, 0.717) is 5.69 Å². The highest BCUT2D eigenvalue weighted by molar-refractivity contribution is 6.08. The first-order valence-electron chi connectivity index (χ1n) is 9.28. The summed E-state index contributed by atoms with van der Waals surface area (Å²) in [5.74, 6) is -1.98. The fourth-order valence-corrected chi connectivity index (χ4v) is 3.34. The third-order valence-corrected chi connectivity index (χ3v) is 5.10. The number of amides is 1. The molecular weight excluding hydrogens is 387 g/mol. The largest absolute Gasteiger partial charge is 0.477 e. The lowest BCUT2D eigenvalue weighted by Gasteiger charge is -2.24. The minimum atomic E-state index is -1.22. The predicted molar refractivity (Wildman–Crippen MR) is 110 cm³/mol. The topological polar surface area (TPSA) is 96.3 Å². The van der Waals surface area contributed by atoms with Crippen LogP contribution in [0.1, 0.15) is 33.1 Å². The van der Waals surface area contributed by atoms with Crippen molar-refractivity contribution >= 4 is 23.4 Å². The summed E-state index contributed by atoms with van der Waals surface area (Å²) in [6.07, 6.45) is 2.71. The zero-order valence-corrected chi connectivity index (χ0v) is 16.3. The van der Waals surface area contributed by atoms with Gasteiger partial charge in [0.15, 0.2) is 0 Å². The lowest BCUT2D eigenvalue weighted by atomic mass is 10.0. The molecule has 3 N–H and O–H groups in total. The molecule has 1 atom stereocenters. The maximum atomic E-state index is 14.4. The summed E-state index contributed by atoms with van der Waals surface area (Å²) in [6.45, 7) is 3.92. The number of carbonyl (C=O) groups excluding carboxylic acids is 1. The molecule has 0 unspecified atom stereocenters. The van der Waals surface area contributed by atoms with Crippen molar-refractivity contribution in [2.75, 3.05) is 10.6 Å². The molecule has 1 aromatic heterocycles. The van der Waals surface area contributed by atoms with E-state index in [1.165, 1.54) is 23.0 Å². The van der Waals surface area contributed by atoms with Crippen molar-refractivity contribution in [1.29, 1.82) is 0 Å². The highest BCUT2D eigenvalue weighted by Crippen LogP contribution is 2.33. The molecule has 2 aromatic carbocycles. The first kappa shape index (κ1) is 19.4. The van der Waals surface area contributed by atoms with E-state index < -0.39 is 23.7 Å². The van der Waals surface area contributed by atoms with Crippen LogP contribution in [0.5, 0.6) is 0 Å². The van der Waals surface area contributed by atoms with E-state index in [2.05, 4.69) is 15.7 Å². The van der Waals surface area contributed by atoms with Crippen molar-refractivity contribution in [2.24, 2.45) is 0 Å². The quantitative estimate of drug-likeness (QED) is 0.611. The third-order valence-electron chi connectivity index (χ3n) is 5.10. The van der Waals surface area contributed by atoms with E-state index in [1.54, 1.807) is 24.3 Å². The van der Waals surface area contributed by atoms with Crippen LogP contribution in [0.3, 0.4) is 0 Å². The van der Waals surface area contributed by atoms with Crippen LogP contribution in [0.25, 0.3) is 0 Å². The Labute approximate surface area is 171 Å². The zero-order chi connectivity index (χ0) is 21.4. The Morgan fingerprint density at radius 1 is 1.17 bits per heavy atom. The molecule has 30 heavy (non-hydrogen) atoms. The number of nitrogens with one attached hydrogen (secondary N) is 2. The van der Waals surface area contributed by atoms with Gasteiger partial charge >= 0.3 is 5.97 Å². The maximum absolute atomic E-state index is 14.4. The molecule has 2 heterocycles. The molecule has 0 radical (unpaired) electrons. The number of allylic oxidation sites excluding steroid dienone is 1. The summed E-state index contributed by atoms with van der Waals surface area (Å²) in [7, 11) is 0. The predicted octanol–water partition coefficient (Wildman–Crippen LogP) is 3.87. The minimum Gasteiger partial charge on any atom is -0.477 e. The number of carbonyl (C=O) groups is 2. The van der Waals surface area contributed by atoms with E-state index in [4.69, 9.17) is 0 Å². The molecular formula is C22H19FN4O3. The highest BCUT2D eigenvalue weighted by atomic mass is 19.1. The molecule has 7 nitrogen and oxygen atoms in total. The van der Waals surface area contributed by atoms with Crippen molar-refractivity contribution in [2.45, 2.75) is 19.9 Å². The van der Waals surface area contributed by atoms with Gasteiger partial charge in [0.25, 0.3) is 5.91 Å². The summed E-state index contributed by atoms with van der Waals surface area (Å²) in [4.78, 5) is 24.5. The second-order valence-electron chi connectivity index (χ2n) is 7.08. The molecule has 1 aliphatic heterocycles. The first-order chi connectivity index (χ1) is 14.3. The standard InChI is InChI=1S/C22H19FN4O3/c1-12-7-8-14(9-13(12)2)25-21(28)16-11-24-27-19(15-5-3-4-6-17(15)23)10-18(22(29)30)26-20(16)27/h3-11,19,26H,1-2H3,(H,25,28)(H,29,30)/t19-/m1/s1. The molecule has 0 saturated heterocycles. The number of carboxylic acid groups (broad SMARTS) is 1. The molecule has 4 rings (SSSR count). The van der Waals surface area contributed by atoms with Gasteiger partial charge in [-0.25, -0.2) is 13.9 Å². The lowest BCUT2D eigenvalue weighted by Crippen LogP contribution is -2.26. The Hall–Kier alpha value is -3.94. The maximum Gasteiger partial charge on any atom is 0.352 e. The molecule has 0 saturated carbocycles. The van der Waals surface area contributed by atoms with E-state index in [1.807, 2.05) is 26.0 Å². The molecule has 1 amide bonds. The van der Waals surface area contributed by atoms with Gasteiger partial charge in [0.1, 0.15) is 28.9 Å². The summed E-state index contributed by atoms with van der Waals surface area (Å²) in [6, 6.07) is 10.8. The van der Waals surface area contributed by atoms with Gasteiger partial charge in [0.2, 0.25) is 0 Å². The smallest absolute Gasteiger partial charge is 0.352 e. The lowest BCUT2D eigenvalue weighted by molar-refractivity contribution is -0.132. The Morgan fingerprint density at radius 2 is 1.93 bits per heavy atom. The van der Waals surface area contributed by atoms with E-state index >= 15 is 0 Å². The van der Waals surface area contributed by atoms with Gasteiger partial charge in [-0.2, -0.15) is 5.10 Å². The first-order valence-corrected chi connectivity index (χ1v) is 9.28. The molecule has 0 aliphatic carbocycles. The number of aromatic nitrogens is 2. The second-order valence-corrected chi connectivity index (χ2v) is 7.08. The van der Waals surface area contributed by atoms with Crippen LogP contribution in [0.2, 0.25) is 0 Å². The van der Waals surface area contributed by atoms with Crippen molar-refractivity contribution in [3.63, 3.8) is 0 Å². The van der Waals surface area contributed by atoms with Gasteiger partial charge in [0, 0.05) is 11.3 Å². The van der Waals surface area contributed by atoms with Gasteiger partial charge in [-0.15, -0.1) is 0 Å². The fraction of sp³-hybridized carbons (Fsp3) is 0.136. The molecule has 0 fully saturated rings. The average molecular weight is 406 g/mol. The van der Waals surface area contributed by atoms with Crippen LogP contribution < -0.4 is 10.6 Å². The average Bonchev–Trinajstić information content (AvgIpc) is 3.15. The van der Waals surface area contributed by atoms with E-state index in [-0.39, 0.29) is 22.6 Å². The summed E-state index contributed by atoms with van der Waals surface area (Å²) in [5, 5.41) is 19.3. The molecule has 152 valence electrons. The van der Waals surface area contributed by atoms with Crippen LogP contribution >= 0.6 is 0 Å². The molecule has 0 spiro atoms. The van der Waals surface area contributed by atoms with Crippen molar-refractivity contribution in [1.82, 2.24) is 9.78 Å². The number of aliphatic carboxylic acids is 1. The number of halogens is 1. The normalized spacial score (nSPS) is 15.0. The molecule has 1 aliphatic rings. The number of aryl methyl sites for hydroxylation is 2. The third kappa shape index (κ3) is 3.43. The van der Waals surface area contributed by atoms with E-state index in [0.717, 1.165) is 11.1 Å². The van der Waals surface area contributed by atoms with Crippen molar-refractivity contribution in [3.8, 4) is 0 Å². The van der Waals surface area contributed by atoms with E-state index in [9.17, 15) is 19.1 Å². The van der Waals surface area contributed by atoms with Crippen molar-refractivity contribution in [3.05, 3.63) is 88.5 Å². The number of fused-ring (bicyclic) bond motifs is 1. The Kier molecular flexibility index (Phi) is 4.83. The Balaban J connectivity index is 1.73. The van der Waals surface area contributed by atoms with Crippen LogP contribution in [0, 0.1) is 19.7 Å². The Morgan fingerprint density at radius 3 is 2.63 bits per heavy atom. The zero-order valence-electron chi connectivity index (χ0n) is 16.3. The van der Waals surface area contributed by atoms with Gasteiger partial charge in [-0.05, 0) is 49.2 Å². The Bertz CT molecular complexity index is 1200. The summed E-state index contributed by atoms with van der Waals surface area (Å²) in [5.41, 5.74) is 2.99. The summed E-state index contributed by atoms with van der Waals surface area (Å²) < 4.78 is 15.8. The van der Waals surface area contributed by atoms with Crippen LogP contribution in [0.15, 0.2) is 60.4 Å². The van der Waals surface area contributed by atoms with Crippen LogP contribution in [-0.4, -0.2) is 26.8 Å². The molecule has 8 heteroatoms. The van der Waals surface area contributed by atoms with Gasteiger partial charge in [-0.3, -0.25) is 4.79 Å². The highest BCUT2D eigenvalue weighted by Gasteiger charge is 2.30. The van der Waals surface area contributed by atoms with Crippen LogP contribution in [0.4, 0.5) is 15.9 Å². The number of carboxylic acids is 1. The number of benzene rings is 2. The van der Waals surface area contributed by atoms with Gasteiger partial charge in [0.05, 0.1) is 6.20 Å². The second kappa shape index (κ2) is 7.47. The number of hydrogen-bond acceptors (Lipinski definition) is 4. The number of anilines is 2. The van der Waals surface area contributed by atoms with Gasteiger partial charge < -0.3 is 15.7 Å². The minimum absolute atomic E-state index is 0.154. The summed E-state index contributed by atoms with van der Waals surface area (Å²) >= 11 is 0. The molecule has 0 bridgehead atoms. The molecule has 3 aromatic rings. The number of hydrogen-bond donors (Lipinski definition) is 3. The fourth-order valence-electron chi connectivity index (χ4n) is 3.34. The number of rotatable bonds is 4. The van der Waals surface area contributed by atoms with Gasteiger partial charge in [-0.1, -0.05) is 24.3 Å².